The van der Waals surface area contributed by atoms with E-state index < -0.39 is 0 Å². The van der Waals surface area contributed by atoms with E-state index in [0.29, 0.717) is 23.1 Å². The van der Waals surface area contributed by atoms with E-state index in [4.69, 9.17) is 21.1 Å². The Bertz CT molecular complexity index is 887. The van der Waals surface area contributed by atoms with E-state index in [0.717, 1.165) is 41.7 Å². The summed E-state index contributed by atoms with van der Waals surface area (Å²) in [5.74, 6) is 1.39. The molecule has 0 unspecified atom stereocenters. The molecule has 0 spiro atoms. The first-order chi connectivity index (χ1) is 13.7. The molecule has 1 heterocycles. The summed E-state index contributed by atoms with van der Waals surface area (Å²) in [6, 6.07) is 11.7. The Labute approximate surface area is 178 Å². The molecule has 2 aromatic carbocycles. The van der Waals surface area contributed by atoms with Gasteiger partial charge in [0.25, 0.3) is 0 Å². The first kappa shape index (κ1) is 20.7. The number of aryl methyl sites for hydroxylation is 1. The van der Waals surface area contributed by atoms with Crippen LogP contribution in [-0.2, 0) is 19.7 Å². The summed E-state index contributed by atoms with van der Waals surface area (Å²) < 4.78 is 14.5. The number of nitrogens with zero attached hydrogens (tertiary/aromatic N) is 2. The Morgan fingerprint density at radius 3 is 2.86 bits per heavy atom. The zero-order valence-corrected chi connectivity index (χ0v) is 18.0. The van der Waals surface area contributed by atoms with Crippen LogP contribution >= 0.6 is 27.5 Å². The number of hydrogen-bond donors (Lipinski definition) is 1. The molecule has 0 radical (unpaired) electrons. The number of nitrogens with one attached hydrogen (secondary N) is 1. The van der Waals surface area contributed by atoms with Crippen molar-refractivity contribution in [3.05, 3.63) is 75.7 Å². The van der Waals surface area contributed by atoms with E-state index in [1.807, 2.05) is 42.9 Å². The molecule has 0 amide bonds. The summed E-state index contributed by atoms with van der Waals surface area (Å²) in [5.41, 5.74) is 2.13. The van der Waals surface area contributed by atoms with Gasteiger partial charge in [-0.25, -0.2) is 4.98 Å². The fraction of sp³-hybridized carbons (Fsp3) is 0.286. The number of ether oxygens (including phenoxy) is 2. The molecular formula is C21H23BrClN3O2. The van der Waals surface area contributed by atoms with Crippen LogP contribution in [0.4, 0.5) is 0 Å². The minimum atomic E-state index is 0.418. The number of aromatic nitrogens is 2. The summed E-state index contributed by atoms with van der Waals surface area (Å²) in [4.78, 5) is 4.05. The maximum atomic E-state index is 6.04. The fourth-order valence-electron chi connectivity index (χ4n) is 2.84. The van der Waals surface area contributed by atoms with E-state index >= 15 is 0 Å². The largest absolute Gasteiger partial charge is 0.493 e. The summed E-state index contributed by atoms with van der Waals surface area (Å²) >= 11 is 9.64. The molecule has 3 rings (SSSR count). The Kier molecular flexibility index (Phi) is 7.77. The van der Waals surface area contributed by atoms with Gasteiger partial charge in [-0.15, -0.1) is 0 Å². The van der Waals surface area contributed by atoms with Crippen LogP contribution in [0, 0.1) is 0 Å². The lowest BCUT2D eigenvalue weighted by atomic mass is 10.2. The van der Waals surface area contributed by atoms with Gasteiger partial charge in [-0.2, -0.15) is 0 Å². The number of rotatable bonds is 10. The average Bonchev–Trinajstić information content (AvgIpc) is 3.20. The number of hydrogen-bond acceptors (Lipinski definition) is 4. The van der Waals surface area contributed by atoms with Gasteiger partial charge in [0.1, 0.15) is 6.61 Å². The third-order valence-electron chi connectivity index (χ3n) is 4.22. The van der Waals surface area contributed by atoms with Crippen molar-refractivity contribution in [1.29, 1.82) is 0 Å². The van der Waals surface area contributed by atoms with Gasteiger partial charge in [0.15, 0.2) is 11.5 Å². The van der Waals surface area contributed by atoms with Crippen LogP contribution in [0.1, 0.15) is 17.5 Å². The second kappa shape index (κ2) is 10.5. The molecule has 0 aliphatic heterocycles. The highest BCUT2D eigenvalue weighted by Crippen LogP contribution is 2.37. The van der Waals surface area contributed by atoms with Crippen molar-refractivity contribution < 1.29 is 9.47 Å². The van der Waals surface area contributed by atoms with Gasteiger partial charge in [0.05, 0.1) is 17.9 Å². The van der Waals surface area contributed by atoms with E-state index in [9.17, 15) is 0 Å². The highest BCUT2D eigenvalue weighted by atomic mass is 79.9. The van der Waals surface area contributed by atoms with Gasteiger partial charge in [0, 0.05) is 30.5 Å². The first-order valence-corrected chi connectivity index (χ1v) is 10.2. The molecule has 5 nitrogen and oxygen atoms in total. The highest BCUT2D eigenvalue weighted by Gasteiger charge is 2.12. The van der Waals surface area contributed by atoms with Crippen LogP contribution in [0.2, 0.25) is 5.02 Å². The first-order valence-electron chi connectivity index (χ1n) is 9.06. The van der Waals surface area contributed by atoms with Gasteiger partial charge in [-0.1, -0.05) is 23.7 Å². The van der Waals surface area contributed by atoms with E-state index in [1.165, 1.54) is 0 Å². The van der Waals surface area contributed by atoms with Gasteiger partial charge >= 0.3 is 0 Å². The number of halogens is 2. The predicted molar refractivity (Wildman–Crippen MR) is 115 cm³/mol. The molecule has 7 heteroatoms. The smallest absolute Gasteiger partial charge is 0.175 e. The van der Waals surface area contributed by atoms with Crippen molar-refractivity contribution in [2.24, 2.45) is 0 Å². The van der Waals surface area contributed by atoms with E-state index in [1.54, 1.807) is 13.3 Å². The van der Waals surface area contributed by atoms with Crippen LogP contribution in [0.15, 0.2) is 59.6 Å². The predicted octanol–water partition coefficient (Wildman–Crippen LogP) is 5.07. The molecule has 0 saturated carbocycles. The number of benzene rings is 2. The monoisotopic (exact) mass is 463 g/mol. The molecule has 28 heavy (non-hydrogen) atoms. The van der Waals surface area contributed by atoms with Crippen LogP contribution in [0.25, 0.3) is 0 Å². The van der Waals surface area contributed by atoms with Crippen molar-refractivity contribution in [3.63, 3.8) is 0 Å². The van der Waals surface area contributed by atoms with Crippen LogP contribution in [0.3, 0.4) is 0 Å². The second-order valence-corrected chi connectivity index (χ2v) is 7.65. The quantitative estimate of drug-likeness (QED) is 0.426. The molecule has 1 aromatic heterocycles. The number of imidazole rings is 1. The average molecular weight is 465 g/mol. The Balaban J connectivity index is 1.54. The molecule has 0 atom stereocenters. The van der Waals surface area contributed by atoms with Crippen molar-refractivity contribution in [1.82, 2.24) is 14.9 Å². The molecule has 0 bridgehead atoms. The molecule has 148 valence electrons. The van der Waals surface area contributed by atoms with Gasteiger partial charge in [-0.3, -0.25) is 0 Å². The summed E-state index contributed by atoms with van der Waals surface area (Å²) in [6.07, 6.45) is 6.65. The Morgan fingerprint density at radius 1 is 1.21 bits per heavy atom. The lowest BCUT2D eigenvalue weighted by molar-refractivity contribution is 0.282. The van der Waals surface area contributed by atoms with Crippen LogP contribution in [0.5, 0.6) is 11.5 Å². The third-order valence-corrected chi connectivity index (χ3v) is 5.04. The maximum absolute atomic E-state index is 6.04. The fourth-order valence-corrected chi connectivity index (χ4v) is 3.65. The van der Waals surface area contributed by atoms with Crippen LogP contribution < -0.4 is 14.8 Å². The summed E-state index contributed by atoms with van der Waals surface area (Å²) in [6.45, 7) is 3.05. The SMILES string of the molecule is COc1cc(CNCCCn2ccnc2)cc(Br)c1OCc1cccc(Cl)c1. The van der Waals surface area contributed by atoms with Gasteiger partial charge in [-0.05, 0) is 64.3 Å². The zero-order chi connectivity index (χ0) is 19.8. The Morgan fingerprint density at radius 2 is 2.11 bits per heavy atom. The Hall–Kier alpha value is -2.02. The molecule has 0 aliphatic carbocycles. The van der Waals surface area contributed by atoms with E-state index in [-0.39, 0.29) is 0 Å². The maximum Gasteiger partial charge on any atom is 0.175 e. The standard InChI is InChI=1S/C21H23BrClN3O2/c1-27-20-12-17(13-24-6-3-8-26-9-7-25-15-26)11-19(22)21(20)28-14-16-4-2-5-18(23)10-16/h2,4-5,7,9-12,15,24H,3,6,8,13-14H2,1H3. The van der Waals surface area contributed by atoms with Crippen LogP contribution in [-0.4, -0.2) is 23.2 Å². The van der Waals surface area contributed by atoms with Crippen molar-refractivity contribution in [3.8, 4) is 11.5 Å². The molecule has 0 saturated heterocycles. The summed E-state index contributed by atoms with van der Waals surface area (Å²) in [5, 5.41) is 4.16. The third kappa shape index (κ3) is 5.99. The number of methoxy groups -OCH3 is 1. The van der Waals surface area contributed by atoms with Gasteiger partial charge in [0.2, 0.25) is 0 Å². The highest BCUT2D eigenvalue weighted by molar-refractivity contribution is 9.10. The minimum absolute atomic E-state index is 0.418. The van der Waals surface area contributed by atoms with Crippen molar-refractivity contribution in [2.75, 3.05) is 13.7 Å². The molecular weight excluding hydrogens is 442 g/mol. The lowest BCUT2D eigenvalue weighted by Crippen LogP contribution is -2.16. The normalized spacial score (nSPS) is 10.8. The summed E-state index contributed by atoms with van der Waals surface area (Å²) in [7, 11) is 1.65. The minimum Gasteiger partial charge on any atom is -0.493 e. The topological polar surface area (TPSA) is 48.3 Å². The second-order valence-electron chi connectivity index (χ2n) is 6.36. The molecule has 0 fully saturated rings. The molecule has 1 N–H and O–H groups in total. The molecule has 0 aliphatic rings. The van der Waals surface area contributed by atoms with Gasteiger partial charge < -0.3 is 19.4 Å². The molecule has 3 aromatic rings. The lowest BCUT2D eigenvalue weighted by Gasteiger charge is -2.15. The van der Waals surface area contributed by atoms with Crippen molar-refractivity contribution in [2.45, 2.75) is 26.1 Å². The van der Waals surface area contributed by atoms with E-state index in [2.05, 4.69) is 36.9 Å². The van der Waals surface area contributed by atoms with Crippen molar-refractivity contribution >= 4 is 27.5 Å². The zero-order valence-electron chi connectivity index (χ0n) is 15.7.